The van der Waals surface area contributed by atoms with Crippen LogP contribution >= 0.6 is 27.5 Å². The summed E-state index contributed by atoms with van der Waals surface area (Å²) in [4.78, 5) is 17.8. The van der Waals surface area contributed by atoms with Crippen LogP contribution in [-0.2, 0) is 0 Å². The lowest BCUT2D eigenvalue weighted by molar-refractivity contribution is 1.26. The Bertz CT molecular complexity index is 525. The minimum atomic E-state index is -0.172. The minimum Gasteiger partial charge on any atom is -0.321 e. The van der Waals surface area contributed by atoms with Crippen molar-refractivity contribution in [1.82, 2.24) is 9.97 Å². The Balaban J connectivity index is 0.000000581. The lowest BCUT2D eigenvalue weighted by Gasteiger charge is -1.97. The molecule has 0 bridgehead atoms. The van der Waals surface area contributed by atoms with Crippen molar-refractivity contribution in [2.24, 2.45) is 0 Å². The molecule has 2 rings (SSSR count). The zero-order valence-electron chi connectivity index (χ0n) is 10.3. The molecule has 0 fully saturated rings. The van der Waals surface area contributed by atoms with Gasteiger partial charge in [0.1, 0.15) is 5.15 Å². The van der Waals surface area contributed by atoms with Gasteiger partial charge in [-0.3, -0.25) is 4.79 Å². The Morgan fingerprint density at radius 1 is 1.24 bits per heavy atom. The average molecular weight is 320 g/mol. The first-order valence-electron chi connectivity index (χ1n) is 5.51. The van der Waals surface area contributed by atoms with Gasteiger partial charge in [0.25, 0.3) is 5.56 Å². The van der Waals surface area contributed by atoms with E-state index in [9.17, 15) is 4.79 Å². The van der Waals surface area contributed by atoms with Crippen LogP contribution in [-0.4, -0.2) is 9.97 Å². The third-order valence-electron chi connectivity index (χ3n) is 1.65. The maximum atomic E-state index is 11.2. The molecule has 0 aliphatic heterocycles. The summed E-state index contributed by atoms with van der Waals surface area (Å²) in [5.74, 6) is 0. The third kappa shape index (κ3) is 4.48. The van der Waals surface area contributed by atoms with E-state index in [-0.39, 0.29) is 5.56 Å². The number of fused-ring (bicyclic) bond motifs is 1. The smallest absolute Gasteiger partial charge is 0.262 e. The highest BCUT2D eigenvalue weighted by atomic mass is 79.9. The first-order chi connectivity index (χ1) is 8.16. The number of hydrogen-bond acceptors (Lipinski definition) is 2. The molecule has 2 aromatic heterocycles. The number of nitrogens with zero attached hydrogens (tertiary/aromatic N) is 1. The van der Waals surface area contributed by atoms with Gasteiger partial charge in [-0.15, -0.1) is 0 Å². The van der Waals surface area contributed by atoms with Gasteiger partial charge in [0.05, 0.1) is 9.99 Å². The first kappa shape index (κ1) is 16.1. The predicted molar refractivity (Wildman–Crippen MR) is 77.8 cm³/mol. The number of rotatable bonds is 0. The number of aromatic nitrogens is 2. The molecule has 17 heavy (non-hydrogen) atoms. The second-order valence-corrected chi connectivity index (χ2v) is 3.78. The maximum Gasteiger partial charge on any atom is 0.262 e. The monoisotopic (exact) mass is 318 g/mol. The van der Waals surface area contributed by atoms with Crippen molar-refractivity contribution in [3.63, 3.8) is 0 Å². The van der Waals surface area contributed by atoms with Gasteiger partial charge in [-0.25, -0.2) is 4.98 Å². The second kappa shape index (κ2) is 8.25. The van der Waals surface area contributed by atoms with E-state index in [1.807, 2.05) is 27.7 Å². The van der Waals surface area contributed by atoms with Gasteiger partial charge in [-0.2, -0.15) is 0 Å². The fraction of sp³-hybridized carbons (Fsp3) is 0.333. The average Bonchev–Trinajstić information content (AvgIpc) is 2.36. The summed E-state index contributed by atoms with van der Waals surface area (Å²) in [5.41, 5.74) is 0.517. The molecule has 5 heteroatoms. The predicted octanol–water partition coefficient (Wildman–Crippen LogP) is 4.39. The highest BCUT2D eigenvalue weighted by Gasteiger charge is 2.00. The summed E-state index contributed by atoms with van der Waals surface area (Å²) in [7, 11) is 0. The normalized spacial score (nSPS) is 8.82. The molecule has 0 aliphatic rings. The molecule has 94 valence electrons. The summed E-state index contributed by atoms with van der Waals surface area (Å²) in [6, 6.07) is 3.32. The second-order valence-electron chi connectivity index (χ2n) is 2.54. The van der Waals surface area contributed by atoms with Crippen LogP contribution in [0, 0.1) is 0 Å². The summed E-state index contributed by atoms with van der Waals surface area (Å²) < 4.78 is 0.490. The summed E-state index contributed by atoms with van der Waals surface area (Å²) in [6.45, 7) is 8.00. The molecule has 0 radical (unpaired) electrons. The lowest BCUT2D eigenvalue weighted by atomic mass is 10.3. The molecule has 0 unspecified atom stereocenters. The van der Waals surface area contributed by atoms with Gasteiger partial charge in [0.2, 0.25) is 0 Å². The topological polar surface area (TPSA) is 45.8 Å². The molecule has 0 spiro atoms. The molecular weight excluding hydrogens is 304 g/mol. The van der Waals surface area contributed by atoms with Crippen LogP contribution in [0.15, 0.2) is 27.6 Å². The van der Waals surface area contributed by atoms with Crippen molar-refractivity contribution in [2.45, 2.75) is 27.7 Å². The van der Waals surface area contributed by atoms with Crippen LogP contribution in [0.4, 0.5) is 0 Å². The first-order valence-corrected chi connectivity index (χ1v) is 6.68. The fourth-order valence-corrected chi connectivity index (χ4v) is 1.55. The van der Waals surface area contributed by atoms with E-state index in [2.05, 4.69) is 25.9 Å². The highest BCUT2D eigenvalue weighted by molar-refractivity contribution is 9.10. The number of H-pyrrole nitrogens is 1. The Morgan fingerprint density at radius 3 is 2.41 bits per heavy atom. The number of aromatic amines is 1. The quantitative estimate of drug-likeness (QED) is 0.732. The van der Waals surface area contributed by atoms with Crippen LogP contribution < -0.4 is 5.56 Å². The van der Waals surface area contributed by atoms with Crippen LogP contribution in [0.25, 0.3) is 10.9 Å². The van der Waals surface area contributed by atoms with E-state index < -0.39 is 0 Å². The molecule has 2 heterocycles. The number of pyridine rings is 2. The van der Waals surface area contributed by atoms with Crippen molar-refractivity contribution in [1.29, 1.82) is 0 Å². The number of halogens is 2. The van der Waals surface area contributed by atoms with Gasteiger partial charge in [0.15, 0.2) is 0 Å². The van der Waals surface area contributed by atoms with Gasteiger partial charge in [-0.1, -0.05) is 39.3 Å². The third-order valence-corrected chi connectivity index (χ3v) is 2.44. The van der Waals surface area contributed by atoms with Crippen LogP contribution in [0.1, 0.15) is 27.7 Å². The van der Waals surface area contributed by atoms with E-state index in [4.69, 9.17) is 11.6 Å². The van der Waals surface area contributed by atoms with Gasteiger partial charge < -0.3 is 4.98 Å². The SMILES string of the molecule is CC.CC.O=c1[nH]c2cc(Cl)ncc2cc1Br. The molecule has 2 aromatic rings. The van der Waals surface area contributed by atoms with E-state index in [1.165, 1.54) is 0 Å². The number of hydrogen-bond donors (Lipinski definition) is 1. The van der Waals surface area contributed by atoms with E-state index in [0.717, 1.165) is 5.39 Å². The van der Waals surface area contributed by atoms with E-state index in [0.29, 0.717) is 15.1 Å². The van der Waals surface area contributed by atoms with Crippen molar-refractivity contribution in [3.05, 3.63) is 38.3 Å². The Morgan fingerprint density at radius 2 is 1.82 bits per heavy atom. The van der Waals surface area contributed by atoms with E-state index in [1.54, 1.807) is 18.3 Å². The molecule has 0 amide bonds. The maximum absolute atomic E-state index is 11.2. The largest absolute Gasteiger partial charge is 0.321 e. The molecule has 0 saturated heterocycles. The van der Waals surface area contributed by atoms with Crippen molar-refractivity contribution in [3.8, 4) is 0 Å². The highest BCUT2D eigenvalue weighted by Crippen LogP contribution is 2.15. The van der Waals surface area contributed by atoms with Gasteiger partial charge in [-0.05, 0) is 28.1 Å². The fourth-order valence-electron chi connectivity index (χ4n) is 1.05. The number of nitrogens with one attached hydrogen (secondary N) is 1. The molecule has 1 N–H and O–H groups in total. The van der Waals surface area contributed by atoms with Crippen LogP contribution in [0.3, 0.4) is 0 Å². The zero-order valence-corrected chi connectivity index (χ0v) is 12.7. The van der Waals surface area contributed by atoms with Crippen molar-refractivity contribution >= 4 is 38.4 Å². The summed E-state index contributed by atoms with van der Waals surface area (Å²) >= 11 is 8.80. The Labute approximate surface area is 114 Å². The Hall–Kier alpha value is -0.870. The summed E-state index contributed by atoms with van der Waals surface area (Å²) in [5, 5.41) is 1.21. The standard InChI is InChI=1S/C8H4BrClN2O.2C2H6/c9-5-1-4-3-11-7(10)2-6(4)12-8(5)13;2*1-2/h1-3H,(H,12,13);2*1-2H3. The minimum absolute atomic E-state index is 0.172. The molecule has 3 nitrogen and oxygen atoms in total. The summed E-state index contributed by atoms with van der Waals surface area (Å²) in [6.07, 6.45) is 1.61. The van der Waals surface area contributed by atoms with Crippen LogP contribution in [0.2, 0.25) is 5.15 Å². The van der Waals surface area contributed by atoms with E-state index >= 15 is 0 Å². The molecule has 0 saturated carbocycles. The van der Waals surface area contributed by atoms with Gasteiger partial charge >= 0.3 is 0 Å². The molecular formula is C12H16BrClN2O. The molecule has 0 aliphatic carbocycles. The van der Waals surface area contributed by atoms with Gasteiger partial charge in [0, 0.05) is 11.6 Å². The Kier molecular flexibility index (Phi) is 7.83. The molecule has 0 atom stereocenters. The zero-order chi connectivity index (χ0) is 13.4. The van der Waals surface area contributed by atoms with Crippen molar-refractivity contribution < 1.29 is 0 Å². The molecule has 0 aromatic carbocycles. The van der Waals surface area contributed by atoms with Crippen LogP contribution in [0.5, 0.6) is 0 Å². The lowest BCUT2D eigenvalue weighted by Crippen LogP contribution is -2.05. The van der Waals surface area contributed by atoms with Crippen molar-refractivity contribution in [2.75, 3.05) is 0 Å².